The number of likely N-dealkylation sites (N-methyl/N-ethyl adjacent to an activating group) is 1. The molecule has 1 atom stereocenters. The molecule has 0 saturated heterocycles. The fraction of sp³-hybridized carbons (Fsp3) is 0.529. The third-order valence-electron chi connectivity index (χ3n) is 4.21. The summed E-state index contributed by atoms with van der Waals surface area (Å²) in [4.78, 5) is 26.6. The molecule has 1 aromatic heterocycles. The Morgan fingerprint density at radius 2 is 1.77 bits per heavy atom. The topological polar surface area (TPSA) is 47.2 Å². The van der Waals surface area contributed by atoms with Crippen LogP contribution < -0.4 is 5.69 Å². The van der Waals surface area contributed by atoms with Gasteiger partial charge in [-0.15, -0.1) is 0 Å². The lowest BCUT2D eigenvalue weighted by Crippen LogP contribution is -2.39. The predicted octanol–water partition coefficient (Wildman–Crippen LogP) is 2.23. The van der Waals surface area contributed by atoms with Crippen LogP contribution in [0.15, 0.2) is 29.1 Å². The highest BCUT2D eigenvalue weighted by molar-refractivity contribution is 5.81. The molecule has 1 amide bonds. The van der Waals surface area contributed by atoms with Crippen LogP contribution in [0.25, 0.3) is 11.0 Å². The highest BCUT2D eigenvalue weighted by atomic mass is 16.2. The van der Waals surface area contributed by atoms with Gasteiger partial charge >= 0.3 is 5.69 Å². The van der Waals surface area contributed by atoms with Crippen LogP contribution in [0, 0.1) is 5.92 Å². The highest BCUT2D eigenvalue weighted by Gasteiger charge is 2.19. The molecule has 1 aromatic carbocycles. The van der Waals surface area contributed by atoms with Gasteiger partial charge in [0.15, 0.2) is 0 Å². The van der Waals surface area contributed by atoms with Crippen molar-refractivity contribution in [2.24, 2.45) is 13.0 Å². The molecule has 0 aliphatic carbocycles. The first-order valence-corrected chi connectivity index (χ1v) is 7.72. The first-order valence-electron chi connectivity index (χ1n) is 7.72. The number of hydrogen-bond donors (Lipinski definition) is 0. The number of rotatable bonds is 5. The molecule has 0 spiro atoms. The normalized spacial score (nSPS) is 12.8. The molecule has 0 fully saturated rings. The largest absolute Gasteiger partial charge is 0.341 e. The standard InChI is InChI=1S/C17H25N3O2/c1-12(2)10-13(3)18(4)16(21)11-20-15-9-7-6-8-14(15)19(5)17(20)22/h6-9,12-13H,10-11H2,1-5H3/t13-/m0/s1. The van der Waals surface area contributed by atoms with E-state index < -0.39 is 0 Å². The van der Waals surface area contributed by atoms with Crippen molar-refractivity contribution in [3.8, 4) is 0 Å². The molecule has 120 valence electrons. The van der Waals surface area contributed by atoms with Gasteiger partial charge in [0.25, 0.3) is 0 Å². The zero-order valence-electron chi connectivity index (χ0n) is 14.0. The van der Waals surface area contributed by atoms with Crippen LogP contribution in [-0.2, 0) is 18.4 Å². The van der Waals surface area contributed by atoms with Crippen LogP contribution in [0.5, 0.6) is 0 Å². The highest BCUT2D eigenvalue weighted by Crippen LogP contribution is 2.13. The van der Waals surface area contributed by atoms with Crippen molar-refractivity contribution in [3.63, 3.8) is 0 Å². The summed E-state index contributed by atoms with van der Waals surface area (Å²) in [6.07, 6.45) is 0.951. The van der Waals surface area contributed by atoms with Crippen LogP contribution in [0.2, 0.25) is 0 Å². The summed E-state index contributed by atoms with van der Waals surface area (Å²) in [5.41, 5.74) is 1.49. The molecule has 2 aromatic rings. The van der Waals surface area contributed by atoms with Gasteiger partial charge in [0.05, 0.1) is 11.0 Å². The lowest BCUT2D eigenvalue weighted by Gasteiger charge is -2.26. The molecule has 0 aliphatic rings. The summed E-state index contributed by atoms with van der Waals surface area (Å²) in [5, 5.41) is 0. The van der Waals surface area contributed by atoms with Gasteiger partial charge in [-0.2, -0.15) is 0 Å². The third kappa shape index (κ3) is 3.08. The van der Waals surface area contributed by atoms with Gasteiger partial charge in [-0.3, -0.25) is 13.9 Å². The zero-order chi connectivity index (χ0) is 16.4. The number of fused-ring (bicyclic) bond motifs is 1. The van der Waals surface area contributed by atoms with Gasteiger partial charge in [0, 0.05) is 20.1 Å². The second-order valence-corrected chi connectivity index (χ2v) is 6.40. The number of benzene rings is 1. The number of carbonyl (C=O) groups is 1. The molecule has 2 rings (SSSR count). The maximum Gasteiger partial charge on any atom is 0.329 e. The molecular weight excluding hydrogens is 278 g/mol. The molecule has 0 unspecified atom stereocenters. The quantitative estimate of drug-likeness (QED) is 0.850. The number of aromatic nitrogens is 2. The Morgan fingerprint density at radius 3 is 2.36 bits per heavy atom. The maximum absolute atomic E-state index is 12.5. The number of para-hydroxylation sites is 2. The number of aryl methyl sites for hydroxylation is 1. The van der Waals surface area contributed by atoms with Gasteiger partial charge in [0.1, 0.15) is 6.54 Å². The van der Waals surface area contributed by atoms with Crippen molar-refractivity contribution in [1.82, 2.24) is 14.0 Å². The molecule has 5 heteroatoms. The Kier molecular flexibility index (Phi) is 4.74. The summed E-state index contributed by atoms with van der Waals surface area (Å²) < 4.78 is 3.14. The smallest absolute Gasteiger partial charge is 0.329 e. The third-order valence-corrected chi connectivity index (χ3v) is 4.21. The lowest BCUT2D eigenvalue weighted by molar-refractivity contribution is -0.132. The molecule has 0 saturated carbocycles. The molecule has 5 nitrogen and oxygen atoms in total. The van der Waals surface area contributed by atoms with E-state index >= 15 is 0 Å². The maximum atomic E-state index is 12.5. The van der Waals surface area contributed by atoms with Crippen LogP contribution in [0.1, 0.15) is 27.2 Å². The van der Waals surface area contributed by atoms with Crippen LogP contribution >= 0.6 is 0 Å². The van der Waals surface area contributed by atoms with Gasteiger partial charge in [-0.05, 0) is 31.4 Å². The molecule has 22 heavy (non-hydrogen) atoms. The minimum absolute atomic E-state index is 0.0356. The second kappa shape index (κ2) is 6.38. The Hall–Kier alpha value is -2.04. The SMILES string of the molecule is CC(C)C[C@H](C)N(C)C(=O)Cn1c(=O)n(C)c2ccccc21. The van der Waals surface area contributed by atoms with Crippen LogP contribution in [0.3, 0.4) is 0 Å². The van der Waals surface area contributed by atoms with Crippen molar-refractivity contribution in [3.05, 3.63) is 34.7 Å². The van der Waals surface area contributed by atoms with Crippen molar-refractivity contribution >= 4 is 16.9 Å². The number of imidazole rings is 1. The van der Waals surface area contributed by atoms with E-state index in [1.165, 1.54) is 0 Å². The zero-order valence-corrected chi connectivity index (χ0v) is 14.0. The Morgan fingerprint density at radius 1 is 1.18 bits per heavy atom. The van der Waals surface area contributed by atoms with E-state index in [-0.39, 0.29) is 24.2 Å². The summed E-state index contributed by atoms with van der Waals surface area (Å²) in [7, 11) is 3.54. The van der Waals surface area contributed by atoms with E-state index in [1.54, 1.807) is 21.1 Å². The van der Waals surface area contributed by atoms with E-state index in [2.05, 4.69) is 13.8 Å². The number of nitrogens with zero attached hydrogens (tertiary/aromatic N) is 3. The number of amides is 1. The summed E-state index contributed by atoms with van der Waals surface area (Å²) in [6.45, 7) is 6.41. The Labute approximate surface area is 131 Å². The second-order valence-electron chi connectivity index (χ2n) is 6.40. The average Bonchev–Trinajstić information content (AvgIpc) is 2.71. The van der Waals surface area contributed by atoms with E-state index in [1.807, 2.05) is 38.2 Å². The van der Waals surface area contributed by atoms with E-state index in [9.17, 15) is 9.59 Å². The molecule has 0 radical (unpaired) electrons. The fourth-order valence-electron chi connectivity index (χ4n) is 2.85. The van der Waals surface area contributed by atoms with Gasteiger partial charge < -0.3 is 4.90 Å². The van der Waals surface area contributed by atoms with Gasteiger partial charge in [0.2, 0.25) is 5.91 Å². The molecule has 0 N–H and O–H groups in total. The van der Waals surface area contributed by atoms with E-state index in [0.717, 1.165) is 17.5 Å². The van der Waals surface area contributed by atoms with Crippen molar-refractivity contribution < 1.29 is 4.79 Å². The minimum atomic E-state index is -0.153. The van der Waals surface area contributed by atoms with Crippen LogP contribution in [0.4, 0.5) is 0 Å². The summed E-state index contributed by atoms with van der Waals surface area (Å²) in [5.74, 6) is 0.497. The van der Waals surface area contributed by atoms with E-state index in [0.29, 0.717) is 5.92 Å². The molecule has 0 bridgehead atoms. The first kappa shape index (κ1) is 16.3. The molecule has 0 aliphatic heterocycles. The summed E-state index contributed by atoms with van der Waals surface area (Å²) in [6, 6.07) is 7.71. The minimum Gasteiger partial charge on any atom is -0.341 e. The predicted molar refractivity (Wildman–Crippen MR) is 88.9 cm³/mol. The van der Waals surface area contributed by atoms with Crippen molar-refractivity contribution in [2.75, 3.05) is 7.05 Å². The first-order chi connectivity index (χ1) is 10.3. The average molecular weight is 303 g/mol. The monoisotopic (exact) mass is 303 g/mol. The Balaban J connectivity index is 2.26. The Bertz CT molecular complexity index is 727. The molecule has 1 heterocycles. The van der Waals surface area contributed by atoms with Gasteiger partial charge in [-0.25, -0.2) is 4.79 Å². The summed E-state index contributed by atoms with van der Waals surface area (Å²) >= 11 is 0. The van der Waals surface area contributed by atoms with Gasteiger partial charge in [-0.1, -0.05) is 26.0 Å². The number of carbonyl (C=O) groups excluding carboxylic acids is 1. The lowest BCUT2D eigenvalue weighted by atomic mass is 10.0. The number of hydrogen-bond acceptors (Lipinski definition) is 2. The van der Waals surface area contributed by atoms with E-state index in [4.69, 9.17) is 0 Å². The molecular formula is C17H25N3O2. The van der Waals surface area contributed by atoms with Crippen LogP contribution in [-0.4, -0.2) is 33.0 Å². The van der Waals surface area contributed by atoms with Crippen molar-refractivity contribution in [1.29, 1.82) is 0 Å². The fourth-order valence-corrected chi connectivity index (χ4v) is 2.85. The van der Waals surface area contributed by atoms with Crippen molar-refractivity contribution in [2.45, 2.75) is 39.8 Å².